The van der Waals surface area contributed by atoms with Gasteiger partial charge in [-0.1, -0.05) is 48.5 Å². The number of nitrogens with zero attached hydrogens (tertiary/aromatic N) is 2. The molecule has 4 atom stereocenters. The minimum atomic E-state index is -0.0345. The predicted octanol–water partition coefficient (Wildman–Crippen LogP) is 3.59. The Hall–Kier alpha value is -2.70. The van der Waals surface area contributed by atoms with Crippen molar-refractivity contribution in [2.24, 2.45) is 17.8 Å². The number of benzene rings is 2. The largest absolute Gasteiger partial charge is 0.381 e. The molecule has 1 unspecified atom stereocenters. The molecule has 0 bridgehead atoms. The number of hydrogen-bond acceptors (Lipinski definition) is 4. The Bertz CT molecular complexity index is 1020. The molecule has 186 valence electrons. The number of aryl methyl sites for hydroxylation is 2. The van der Waals surface area contributed by atoms with Crippen LogP contribution in [-0.2, 0) is 9.53 Å². The van der Waals surface area contributed by atoms with Crippen molar-refractivity contribution in [3.8, 4) is 0 Å². The summed E-state index contributed by atoms with van der Waals surface area (Å²) in [5.74, 6) is 1.32. The van der Waals surface area contributed by atoms with Crippen molar-refractivity contribution < 1.29 is 14.3 Å². The molecule has 2 amide bonds. The van der Waals surface area contributed by atoms with Gasteiger partial charge in [0.2, 0.25) is 5.91 Å². The van der Waals surface area contributed by atoms with E-state index in [0.717, 1.165) is 67.8 Å². The lowest BCUT2D eigenvalue weighted by Crippen LogP contribution is -2.37. The Kier molecular flexibility index (Phi) is 7.21. The summed E-state index contributed by atoms with van der Waals surface area (Å²) in [5, 5.41) is 3.30. The SMILES string of the molecule is Cc1cccc(C)c1C(=O)N1C[C@H]2CN(CC[C@H](NC(=O)C3CCOC3)c3ccccc3)C[C@H]2C1. The minimum absolute atomic E-state index is 0.00634. The van der Waals surface area contributed by atoms with Gasteiger partial charge in [0.05, 0.1) is 18.6 Å². The molecule has 0 aliphatic carbocycles. The first kappa shape index (κ1) is 24.0. The third-order valence-corrected chi connectivity index (χ3v) is 8.10. The molecular weight excluding hydrogens is 438 g/mol. The second kappa shape index (κ2) is 10.5. The molecule has 6 nitrogen and oxygen atoms in total. The molecule has 3 saturated heterocycles. The van der Waals surface area contributed by atoms with Crippen LogP contribution in [-0.4, -0.2) is 67.6 Å². The maximum absolute atomic E-state index is 13.2. The summed E-state index contributed by atoms with van der Waals surface area (Å²) in [4.78, 5) is 30.6. The van der Waals surface area contributed by atoms with Crippen LogP contribution in [0.5, 0.6) is 0 Å². The minimum Gasteiger partial charge on any atom is -0.381 e. The average molecular weight is 476 g/mol. The van der Waals surface area contributed by atoms with E-state index in [0.29, 0.717) is 25.0 Å². The van der Waals surface area contributed by atoms with Crippen molar-refractivity contribution in [1.29, 1.82) is 0 Å². The predicted molar refractivity (Wildman–Crippen MR) is 136 cm³/mol. The van der Waals surface area contributed by atoms with Crippen molar-refractivity contribution >= 4 is 11.8 Å². The van der Waals surface area contributed by atoms with Gasteiger partial charge in [-0.15, -0.1) is 0 Å². The van der Waals surface area contributed by atoms with Crippen LogP contribution < -0.4 is 5.32 Å². The molecule has 35 heavy (non-hydrogen) atoms. The van der Waals surface area contributed by atoms with Gasteiger partial charge in [-0.2, -0.15) is 0 Å². The summed E-state index contributed by atoms with van der Waals surface area (Å²) in [6, 6.07) is 16.4. The summed E-state index contributed by atoms with van der Waals surface area (Å²) < 4.78 is 5.42. The van der Waals surface area contributed by atoms with E-state index in [-0.39, 0.29) is 23.8 Å². The maximum Gasteiger partial charge on any atom is 0.254 e. The molecule has 1 N–H and O–H groups in total. The van der Waals surface area contributed by atoms with E-state index in [1.165, 1.54) is 0 Å². The summed E-state index contributed by atoms with van der Waals surface area (Å²) >= 11 is 0. The smallest absolute Gasteiger partial charge is 0.254 e. The van der Waals surface area contributed by atoms with Gasteiger partial charge in [-0.05, 0) is 55.2 Å². The van der Waals surface area contributed by atoms with E-state index < -0.39 is 0 Å². The molecule has 3 heterocycles. The Morgan fingerprint density at radius 1 is 0.971 bits per heavy atom. The number of ether oxygens (including phenoxy) is 1. The second-order valence-corrected chi connectivity index (χ2v) is 10.6. The highest BCUT2D eigenvalue weighted by molar-refractivity contribution is 5.97. The average Bonchev–Trinajstić information content (AvgIpc) is 3.59. The first-order chi connectivity index (χ1) is 17.0. The summed E-state index contributed by atoms with van der Waals surface area (Å²) in [7, 11) is 0. The molecule has 3 aliphatic heterocycles. The molecular formula is C29H37N3O3. The van der Waals surface area contributed by atoms with Crippen LogP contribution in [0.25, 0.3) is 0 Å². The lowest BCUT2D eigenvalue weighted by molar-refractivity contribution is -0.125. The number of carbonyl (C=O) groups excluding carboxylic acids is 2. The number of likely N-dealkylation sites (tertiary alicyclic amines) is 2. The number of fused-ring (bicyclic) bond motifs is 1. The normalized spacial score (nSPS) is 25.0. The molecule has 3 fully saturated rings. The Balaban J connectivity index is 1.17. The van der Waals surface area contributed by atoms with Gasteiger partial charge < -0.3 is 19.9 Å². The van der Waals surface area contributed by atoms with Crippen LogP contribution in [0.1, 0.15) is 45.9 Å². The molecule has 2 aromatic carbocycles. The van der Waals surface area contributed by atoms with Crippen LogP contribution in [0, 0.1) is 31.6 Å². The third-order valence-electron chi connectivity index (χ3n) is 8.10. The number of nitrogens with one attached hydrogen (secondary N) is 1. The topological polar surface area (TPSA) is 61.9 Å². The van der Waals surface area contributed by atoms with Gasteiger partial charge in [-0.25, -0.2) is 0 Å². The van der Waals surface area contributed by atoms with E-state index in [1.54, 1.807) is 0 Å². The molecule has 2 aromatic rings. The molecule has 6 heteroatoms. The summed E-state index contributed by atoms with van der Waals surface area (Å²) in [6.45, 7) is 9.93. The van der Waals surface area contributed by atoms with Gasteiger partial charge in [0.15, 0.2) is 0 Å². The van der Waals surface area contributed by atoms with Crippen LogP contribution in [0.15, 0.2) is 48.5 Å². The molecule has 0 saturated carbocycles. The van der Waals surface area contributed by atoms with Crippen LogP contribution in [0.4, 0.5) is 0 Å². The fourth-order valence-corrected chi connectivity index (χ4v) is 6.10. The van der Waals surface area contributed by atoms with Crippen molar-refractivity contribution in [3.63, 3.8) is 0 Å². The van der Waals surface area contributed by atoms with E-state index in [4.69, 9.17) is 4.74 Å². The zero-order chi connectivity index (χ0) is 24.4. The summed E-state index contributed by atoms with van der Waals surface area (Å²) in [6.07, 6.45) is 1.69. The van der Waals surface area contributed by atoms with E-state index >= 15 is 0 Å². The lowest BCUT2D eigenvalue weighted by atomic mass is 10.0. The number of hydrogen-bond donors (Lipinski definition) is 1. The molecule has 3 aliphatic rings. The van der Waals surface area contributed by atoms with E-state index in [1.807, 2.05) is 50.2 Å². The molecule has 5 rings (SSSR count). The number of amides is 2. The second-order valence-electron chi connectivity index (χ2n) is 10.6. The van der Waals surface area contributed by atoms with E-state index in [2.05, 4.69) is 27.2 Å². The monoisotopic (exact) mass is 475 g/mol. The highest BCUT2D eigenvalue weighted by Gasteiger charge is 2.42. The summed E-state index contributed by atoms with van der Waals surface area (Å²) in [5.41, 5.74) is 4.15. The van der Waals surface area contributed by atoms with Crippen molar-refractivity contribution in [3.05, 3.63) is 70.8 Å². The van der Waals surface area contributed by atoms with Crippen LogP contribution in [0.3, 0.4) is 0 Å². The zero-order valence-corrected chi connectivity index (χ0v) is 20.9. The van der Waals surface area contributed by atoms with Crippen LogP contribution in [0.2, 0.25) is 0 Å². The van der Waals surface area contributed by atoms with Gasteiger partial charge in [0.25, 0.3) is 5.91 Å². The lowest BCUT2D eigenvalue weighted by Gasteiger charge is -2.26. The highest BCUT2D eigenvalue weighted by Crippen LogP contribution is 2.33. The first-order valence-electron chi connectivity index (χ1n) is 13.0. The molecule has 0 radical (unpaired) electrons. The maximum atomic E-state index is 13.2. The Labute approximate surface area is 208 Å². The standard InChI is InChI=1S/C29H37N3O3/c1-20-7-6-8-21(2)27(20)29(34)32-17-24-15-31(16-25(24)18-32)13-11-26(22-9-4-3-5-10-22)30-28(33)23-12-14-35-19-23/h3-10,23-26H,11-19H2,1-2H3,(H,30,33)/t23?,24-,25+,26-/m0/s1. The molecule has 0 spiro atoms. The fourth-order valence-electron chi connectivity index (χ4n) is 6.10. The third kappa shape index (κ3) is 5.29. The van der Waals surface area contributed by atoms with Gasteiger partial charge in [0, 0.05) is 44.9 Å². The fraction of sp³-hybridized carbons (Fsp3) is 0.517. The molecule has 0 aromatic heterocycles. The quantitative estimate of drug-likeness (QED) is 0.665. The van der Waals surface area contributed by atoms with Crippen LogP contribution >= 0.6 is 0 Å². The number of rotatable bonds is 7. The van der Waals surface area contributed by atoms with Crippen molar-refractivity contribution in [1.82, 2.24) is 15.1 Å². The number of carbonyl (C=O) groups is 2. The van der Waals surface area contributed by atoms with E-state index in [9.17, 15) is 9.59 Å². The van der Waals surface area contributed by atoms with Crippen molar-refractivity contribution in [2.75, 3.05) is 45.9 Å². The zero-order valence-electron chi connectivity index (χ0n) is 20.9. The van der Waals surface area contributed by atoms with Gasteiger partial charge >= 0.3 is 0 Å². The van der Waals surface area contributed by atoms with Gasteiger partial charge in [-0.3, -0.25) is 9.59 Å². The highest BCUT2D eigenvalue weighted by atomic mass is 16.5. The van der Waals surface area contributed by atoms with Crippen molar-refractivity contribution in [2.45, 2.75) is 32.7 Å². The van der Waals surface area contributed by atoms with Gasteiger partial charge in [0.1, 0.15) is 0 Å². The first-order valence-corrected chi connectivity index (χ1v) is 13.0. The Morgan fingerprint density at radius 3 is 2.29 bits per heavy atom. The Morgan fingerprint density at radius 2 is 1.66 bits per heavy atom.